The summed E-state index contributed by atoms with van der Waals surface area (Å²) in [6.07, 6.45) is 6.12. The Morgan fingerprint density at radius 1 is 1.26 bits per heavy atom. The van der Waals surface area contributed by atoms with Crippen LogP contribution >= 0.6 is 0 Å². The standard InChI is InChI=1S/C16H30O3/c1-5-6-7-10-18-16(17)19-15-11-14(12(2)3)9-8-13(15)4/h12-15H,5-11H2,1-4H3. The highest BCUT2D eigenvalue weighted by atomic mass is 16.7. The minimum atomic E-state index is -0.475. The molecule has 0 radical (unpaired) electrons. The number of unbranched alkanes of at least 4 members (excludes halogenated alkanes) is 2. The van der Waals surface area contributed by atoms with E-state index >= 15 is 0 Å². The molecule has 0 bridgehead atoms. The molecule has 1 rings (SSSR count). The van der Waals surface area contributed by atoms with Crippen LogP contribution in [0.3, 0.4) is 0 Å². The Kier molecular flexibility index (Phi) is 7.25. The van der Waals surface area contributed by atoms with Crippen molar-refractivity contribution in [3.8, 4) is 0 Å². The number of carbonyl (C=O) groups is 1. The highest BCUT2D eigenvalue weighted by Gasteiger charge is 2.32. The fraction of sp³-hybridized carbons (Fsp3) is 0.938. The van der Waals surface area contributed by atoms with Crippen molar-refractivity contribution in [2.24, 2.45) is 17.8 Å². The van der Waals surface area contributed by atoms with Crippen molar-refractivity contribution < 1.29 is 14.3 Å². The Bertz CT molecular complexity index is 263. The van der Waals surface area contributed by atoms with Gasteiger partial charge in [0.15, 0.2) is 0 Å². The molecule has 1 aliphatic carbocycles. The first-order valence-electron chi connectivity index (χ1n) is 7.88. The number of carbonyl (C=O) groups excluding carboxylic acids is 1. The minimum absolute atomic E-state index is 0.0415. The van der Waals surface area contributed by atoms with Gasteiger partial charge in [0, 0.05) is 0 Å². The summed E-state index contributed by atoms with van der Waals surface area (Å²) >= 11 is 0. The van der Waals surface area contributed by atoms with E-state index in [4.69, 9.17) is 9.47 Å². The number of hydrogen-bond donors (Lipinski definition) is 0. The summed E-state index contributed by atoms with van der Waals surface area (Å²) in [6.45, 7) is 9.29. The van der Waals surface area contributed by atoms with E-state index in [0.717, 1.165) is 32.1 Å². The molecule has 0 aromatic carbocycles. The van der Waals surface area contributed by atoms with E-state index < -0.39 is 6.16 Å². The second-order valence-corrected chi connectivity index (χ2v) is 6.26. The zero-order valence-corrected chi connectivity index (χ0v) is 13.0. The average Bonchev–Trinajstić information content (AvgIpc) is 2.37. The van der Waals surface area contributed by atoms with Gasteiger partial charge in [-0.2, -0.15) is 0 Å². The zero-order valence-electron chi connectivity index (χ0n) is 13.0. The van der Waals surface area contributed by atoms with Crippen LogP contribution in [0.1, 0.15) is 66.2 Å². The van der Waals surface area contributed by atoms with E-state index in [2.05, 4.69) is 27.7 Å². The van der Waals surface area contributed by atoms with E-state index in [1.54, 1.807) is 0 Å². The summed E-state index contributed by atoms with van der Waals surface area (Å²) in [5, 5.41) is 0. The second-order valence-electron chi connectivity index (χ2n) is 6.26. The third kappa shape index (κ3) is 5.84. The van der Waals surface area contributed by atoms with Gasteiger partial charge >= 0.3 is 6.16 Å². The lowest BCUT2D eigenvalue weighted by molar-refractivity contribution is -0.0239. The van der Waals surface area contributed by atoms with Crippen LogP contribution in [-0.4, -0.2) is 18.9 Å². The Morgan fingerprint density at radius 2 is 2.00 bits per heavy atom. The van der Waals surface area contributed by atoms with Gasteiger partial charge < -0.3 is 9.47 Å². The van der Waals surface area contributed by atoms with E-state index in [0.29, 0.717) is 24.4 Å². The quantitative estimate of drug-likeness (QED) is 0.514. The summed E-state index contributed by atoms with van der Waals surface area (Å²) in [4.78, 5) is 11.7. The van der Waals surface area contributed by atoms with Gasteiger partial charge in [-0.05, 0) is 43.4 Å². The van der Waals surface area contributed by atoms with Gasteiger partial charge in [-0.15, -0.1) is 0 Å². The monoisotopic (exact) mass is 270 g/mol. The fourth-order valence-corrected chi connectivity index (χ4v) is 2.75. The molecule has 0 spiro atoms. The average molecular weight is 270 g/mol. The zero-order chi connectivity index (χ0) is 14.3. The first-order chi connectivity index (χ1) is 9.04. The van der Waals surface area contributed by atoms with Gasteiger partial charge in [0.25, 0.3) is 0 Å². The molecule has 0 heterocycles. The van der Waals surface area contributed by atoms with Crippen molar-refractivity contribution in [2.75, 3.05) is 6.61 Å². The van der Waals surface area contributed by atoms with E-state index in [9.17, 15) is 4.79 Å². The summed E-state index contributed by atoms with van der Waals surface area (Å²) in [6, 6.07) is 0. The minimum Gasteiger partial charge on any atom is -0.434 e. The molecule has 1 saturated carbocycles. The van der Waals surface area contributed by atoms with Crippen LogP contribution in [0.4, 0.5) is 4.79 Å². The Hall–Kier alpha value is -0.730. The Labute approximate surface area is 118 Å². The molecule has 3 unspecified atom stereocenters. The molecule has 1 fully saturated rings. The highest BCUT2D eigenvalue weighted by molar-refractivity contribution is 5.60. The summed E-state index contributed by atoms with van der Waals surface area (Å²) in [7, 11) is 0. The van der Waals surface area contributed by atoms with Crippen LogP contribution < -0.4 is 0 Å². The Morgan fingerprint density at radius 3 is 2.63 bits per heavy atom. The predicted octanol–water partition coefficient (Wildman–Crippen LogP) is 4.79. The van der Waals surface area contributed by atoms with E-state index in [-0.39, 0.29) is 6.10 Å². The van der Waals surface area contributed by atoms with Crippen LogP contribution in [0.15, 0.2) is 0 Å². The van der Waals surface area contributed by atoms with Crippen LogP contribution in [0.25, 0.3) is 0 Å². The second kappa shape index (κ2) is 8.44. The maximum absolute atomic E-state index is 11.7. The Balaban J connectivity index is 2.30. The molecular formula is C16H30O3. The summed E-state index contributed by atoms with van der Waals surface area (Å²) in [5.74, 6) is 1.80. The molecule has 0 amide bonds. The van der Waals surface area contributed by atoms with Crippen LogP contribution in [-0.2, 0) is 9.47 Å². The first-order valence-corrected chi connectivity index (χ1v) is 7.88. The molecule has 0 aliphatic heterocycles. The van der Waals surface area contributed by atoms with Crippen LogP contribution in [0.5, 0.6) is 0 Å². The molecule has 3 nitrogen and oxygen atoms in total. The van der Waals surface area contributed by atoms with Crippen LogP contribution in [0.2, 0.25) is 0 Å². The maximum Gasteiger partial charge on any atom is 0.508 e. The maximum atomic E-state index is 11.7. The third-order valence-corrected chi connectivity index (χ3v) is 4.32. The normalized spacial score (nSPS) is 27.3. The molecule has 19 heavy (non-hydrogen) atoms. The summed E-state index contributed by atoms with van der Waals surface area (Å²) < 4.78 is 10.6. The number of ether oxygens (including phenoxy) is 2. The SMILES string of the molecule is CCCCCOC(=O)OC1CC(C(C)C)CCC1C. The number of rotatable bonds is 6. The smallest absolute Gasteiger partial charge is 0.434 e. The lowest BCUT2D eigenvalue weighted by atomic mass is 9.76. The van der Waals surface area contributed by atoms with Gasteiger partial charge in [-0.1, -0.05) is 40.5 Å². The predicted molar refractivity (Wildman–Crippen MR) is 77.1 cm³/mol. The summed E-state index contributed by atoms with van der Waals surface area (Å²) in [5.41, 5.74) is 0. The molecule has 0 N–H and O–H groups in total. The third-order valence-electron chi connectivity index (χ3n) is 4.32. The molecule has 3 atom stereocenters. The van der Waals surface area contributed by atoms with Gasteiger partial charge in [-0.25, -0.2) is 4.79 Å². The van der Waals surface area contributed by atoms with Gasteiger partial charge in [0.2, 0.25) is 0 Å². The lowest BCUT2D eigenvalue weighted by Gasteiger charge is -2.35. The molecule has 3 heteroatoms. The largest absolute Gasteiger partial charge is 0.508 e. The van der Waals surface area contributed by atoms with Crippen molar-refractivity contribution in [1.29, 1.82) is 0 Å². The van der Waals surface area contributed by atoms with Crippen LogP contribution in [0, 0.1) is 17.8 Å². The van der Waals surface area contributed by atoms with Crippen molar-refractivity contribution in [1.82, 2.24) is 0 Å². The van der Waals surface area contributed by atoms with Crippen molar-refractivity contribution in [3.05, 3.63) is 0 Å². The molecule has 1 aliphatic rings. The van der Waals surface area contributed by atoms with Gasteiger partial charge in [0.05, 0.1) is 6.61 Å². The molecule has 0 saturated heterocycles. The lowest BCUT2D eigenvalue weighted by Crippen LogP contribution is -2.34. The van der Waals surface area contributed by atoms with E-state index in [1.165, 1.54) is 6.42 Å². The molecule has 112 valence electrons. The van der Waals surface area contributed by atoms with E-state index in [1.807, 2.05) is 0 Å². The first kappa shape index (κ1) is 16.3. The highest BCUT2D eigenvalue weighted by Crippen LogP contribution is 2.35. The molecule has 0 aromatic heterocycles. The van der Waals surface area contributed by atoms with Gasteiger partial charge in [0.1, 0.15) is 6.10 Å². The van der Waals surface area contributed by atoms with Crippen molar-refractivity contribution in [3.63, 3.8) is 0 Å². The number of hydrogen-bond acceptors (Lipinski definition) is 3. The molecule has 0 aromatic rings. The van der Waals surface area contributed by atoms with Gasteiger partial charge in [-0.3, -0.25) is 0 Å². The van der Waals surface area contributed by atoms with Crippen molar-refractivity contribution in [2.45, 2.75) is 72.3 Å². The topological polar surface area (TPSA) is 35.5 Å². The molecular weight excluding hydrogens is 240 g/mol. The van der Waals surface area contributed by atoms with Crippen molar-refractivity contribution >= 4 is 6.16 Å². The fourth-order valence-electron chi connectivity index (χ4n) is 2.75.